The van der Waals surface area contributed by atoms with Crippen LogP contribution in [0.4, 0.5) is 49.7 Å². The number of ether oxygens (including phenoxy) is 1. The van der Waals surface area contributed by atoms with E-state index in [1.54, 1.807) is 6.26 Å². The SMILES string of the molecule is CC.CNC(C)C(=O)N(SC)c1nn(CC(F)(F)F)c2c(-c3ccc(C#CC(C)(C)SC)nc3C(Cc3cc(F)cc(F)c3)NC(=O)Cn3nc(C(F)(F)F)c4c3C(F)(F)CC4)ccc(Cl)c12.COC=O. The van der Waals surface area contributed by atoms with E-state index >= 15 is 8.78 Å². The molecule has 1 aliphatic rings. The number of rotatable bonds is 14. The zero-order valence-corrected chi connectivity index (χ0v) is 42.0. The first kappa shape index (κ1) is 58.1. The molecule has 2 atom stereocenters. The molecule has 2 amide bonds. The highest BCUT2D eigenvalue weighted by Crippen LogP contribution is 2.47. The lowest BCUT2D eigenvalue weighted by Crippen LogP contribution is -2.40. The first-order valence-corrected chi connectivity index (χ1v) is 24.1. The number of benzene rings is 2. The number of methoxy groups -OCH3 is 1. The molecule has 2 aromatic carbocycles. The number of anilines is 1. The largest absolute Gasteiger partial charge is 0.471 e. The number of fused-ring (bicyclic) bond motifs is 2. The summed E-state index contributed by atoms with van der Waals surface area (Å²) in [7, 11) is 2.81. The number of hydrogen-bond donors (Lipinski definition) is 2. The van der Waals surface area contributed by atoms with Crippen molar-refractivity contribution in [3.63, 3.8) is 0 Å². The van der Waals surface area contributed by atoms with E-state index < -0.39 is 108 Å². The third kappa shape index (κ3) is 14.1. The Hall–Kier alpha value is -5.51. The van der Waals surface area contributed by atoms with Gasteiger partial charge in [-0.3, -0.25) is 23.7 Å². The van der Waals surface area contributed by atoms with Gasteiger partial charge in [0.1, 0.15) is 36.1 Å². The van der Waals surface area contributed by atoms with Gasteiger partial charge in [0, 0.05) is 35.4 Å². The fourth-order valence-electron chi connectivity index (χ4n) is 7.23. The molecule has 0 aliphatic heterocycles. The smallest absolute Gasteiger partial charge is 0.435 e. The molecule has 0 saturated heterocycles. The number of carbonyl (C=O) groups is 3. The summed E-state index contributed by atoms with van der Waals surface area (Å²) in [5, 5.41) is 12.7. The maximum Gasteiger partial charge on any atom is 0.435 e. The number of halogens is 11. The normalized spacial score (nSPS) is 13.9. The number of pyridine rings is 1. The lowest BCUT2D eigenvalue weighted by atomic mass is 9.93. The van der Waals surface area contributed by atoms with Crippen LogP contribution in [0.1, 0.15) is 81.0 Å². The Morgan fingerprint density at radius 2 is 1.62 bits per heavy atom. The number of aromatic nitrogens is 5. The Bertz CT molecular complexity index is 2770. The van der Waals surface area contributed by atoms with E-state index in [-0.39, 0.29) is 54.5 Å². The van der Waals surface area contributed by atoms with Gasteiger partial charge in [0.05, 0.1) is 45.6 Å². The average molecular weight is 1070 g/mol. The molecule has 2 N–H and O–H groups in total. The van der Waals surface area contributed by atoms with Crippen molar-refractivity contribution in [2.75, 3.05) is 31.0 Å². The van der Waals surface area contributed by atoms with Gasteiger partial charge >= 0.3 is 12.4 Å². The fraction of sp³-hybridized carbons (Fsp3) is 0.435. The summed E-state index contributed by atoms with van der Waals surface area (Å²) < 4.78 is 150. The molecule has 6 rings (SSSR count). The van der Waals surface area contributed by atoms with Crippen molar-refractivity contribution in [1.29, 1.82) is 0 Å². The quantitative estimate of drug-likeness (QED) is 0.0479. The van der Waals surface area contributed by atoms with Gasteiger partial charge in [-0.2, -0.15) is 45.3 Å². The predicted octanol–water partition coefficient (Wildman–Crippen LogP) is 10.5. The van der Waals surface area contributed by atoms with E-state index in [0.29, 0.717) is 17.2 Å². The van der Waals surface area contributed by atoms with Gasteiger partial charge in [-0.1, -0.05) is 37.4 Å². The average Bonchev–Trinajstić information content (AvgIpc) is 3.96. The summed E-state index contributed by atoms with van der Waals surface area (Å²) in [4.78, 5) is 41.3. The lowest BCUT2D eigenvalue weighted by molar-refractivity contribution is -0.143. The van der Waals surface area contributed by atoms with Gasteiger partial charge < -0.3 is 15.4 Å². The molecule has 0 saturated carbocycles. The van der Waals surface area contributed by atoms with Crippen LogP contribution in [0.3, 0.4) is 0 Å². The Morgan fingerprint density at radius 1 is 1.00 bits per heavy atom. The molecule has 0 spiro atoms. The van der Waals surface area contributed by atoms with Crippen LogP contribution in [0.15, 0.2) is 42.5 Å². The molecule has 0 fully saturated rings. The Balaban J connectivity index is 0.00000174. The number of likely N-dealkylation sites (N-methyl/N-ethyl adjacent to an activating group) is 1. The highest BCUT2D eigenvalue weighted by atomic mass is 35.5. The number of hydrogen-bond acceptors (Lipinski definition) is 10. The molecule has 71 heavy (non-hydrogen) atoms. The first-order chi connectivity index (χ1) is 33.2. The summed E-state index contributed by atoms with van der Waals surface area (Å²) in [5.41, 5.74) is -4.01. The van der Waals surface area contributed by atoms with Gasteiger partial charge in [0.15, 0.2) is 11.5 Å². The summed E-state index contributed by atoms with van der Waals surface area (Å²) in [6.45, 7) is 6.65. The molecule has 3 aromatic heterocycles. The molecule has 5 aromatic rings. The highest BCUT2D eigenvalue weighted by Gasteiger charge is 2.50. The monoisotopic (exact) mass is 1070 g/mol. The van der Waals surface area contributed by atoms with Crippen LogP contribution in [0, 0.1) is 23.5 Å². The van der Waals surface area contributed by atoms with Crippen LogP contribution in [-0.4, -0.2) is 86.5 Å². The van der Waals surface area contributed by atoms with Crippen molar-refractivity contribution in [3.8, 4) is 23.0 Å². The second-order valence-electron chi connectivity index (χ2n) is 15.8. The Labute approximate surface area is 416 Å². The van der Waals surface area contributed by atoms with Gasteiger partial charge in [-0.15, -0.1) is 11.8 Å². The van der Waals surface area contributed by atoms with Gasteiger partial charge in [-0.25, -0.2) is 18.1 Å². The number of carbonyl (C=O) groups excluding carboxylic acids is 3. The number of amides is 2. The minimum atomic E-state index is -5.14. The van der Waals surface area contributed by atoms with E-state index in [1.165, 1.54) is 63.4 Å². The van der Waals surface area contributed by atoms with Crippen LogP contribution < -0.4 is 14.9 Å². The molecule has 1 aliphatic carbocycles. The summed E-state index contributed by atoms with van der Waals surface area (Å²) in [6.07, 6.45) is -8.88. The van der Waals surface area contributed by atoms with Gasteiger partial charge in [0.25, 0.3) is 18.3 Å². The van der Waals surface area contributed by atoms with Crippen molar-refractivity contribution < 1.29 is 63.0 Å². The molecular formula is C46H49ClF10N8O4S2. The fourth-order valence-corrected chi connectivity index (χ4v) is 8.26. The third-order valence-electron chi connectivity index (χ3n) is 10.5. The summed E-state index contributed by atoms with van der Waals surface area (Å²) in [5.74, 6) is -1.92. The molecule has 12 nitrogen and oxygen atoms in total. The van der Waals surface area contributed by atoms with Crippen molar-refractivity contribution in [2.45, 2.75) is 102 Å². The summed E-state index contributed by atoms with van der Waals surface area (Å²) >= 11 is 8.97. The van der Waals surface area contributed by atoms with Crippen molar-refractivity contribution in [2.24, 2.45) is 0 Å². The molecule has 0 bridgehead atoms. The van der Waals surface area contributed by atoms with E-state index in [1.807, 2.05) is 27.7 Å². The van der Waals surface area contributed by atoms with E-state index in [2.05, 4.69) is 37.4 Å². The highest BCUT2D eigenvalue weighted by molar-refractivity contribution is 8.00. The van der Waals surface area contributed by atoms with Gasteiger partial charge in [-0.05, 0) is 101 Å². The van der Waals surface area contributed by atoms with Crippen LogP contribution >= 0.6 is 35.3 Å². The van der Waals surface area contributed by atoms with E-state index in [9.17, 15) is 44.7 Å². The third-order valence-corrected chi connectivity index (χ3v) is 12.7. The second-order valence-corrected chi connectivity index (χ2v) is 18.4. The number of nitrogens with one attached hydrogen (secondary N) is 2. The molecular weight excluding hydrogens is 1020 g/mol. The molecule has 2 unspecified atom stereocenters. The van der Waals surface area contributed by atoms with Crippen LogP contribution in [0.25, 0.3) is 22.0 Å². The molecule has 0 radical (unpaired) electrons. The number of nitrogens with zero attached hydrogens (tertiary/aromatic N) is 6. The van der Waals surface area contributed by atoms with Gasteiger partial charge in [0.2, 0.25) is 5.91 Å². The van der Waals surface area contributed by atoms with E-state index in [4.69, 9.17) is 21.4 Å². The Morgan fingerprint density at radius 3 is 2.17 bits per heavy atom. The number of thioether (sulfide) groups is 1. The van der Waals surface area contributed by atoms with Crippen molar-refractivity contribution in [3.05, 3.63) is 93.0 Å². The van der Waals surface area contributed by atoms with Crippen LogP contribution in [0.5, 0.6) is 0 Å². The summed E-state index contributed by atoms with van der Waals surface area (Å²) in [6, 6.07) is 5.54. The van der Waals surface area contributed by atoms with Crippen molar-refractivity contribution >= 4 is 70.3 Å². The van der Waals surface area contributed by atoms with Crippen LogP contribution in [-0.2, 0) is 57.2 Å². The predicted molar refractivity (Wildman–Crippen MR) is 253 cm³/mol. The molecule has 25 heteroatoms. The lowest BCUT2D eigenvalue weighted by Gasteiger charge is -2.23. The topological polar surface area (TPSA) is 136 Å². The van der Waals surface area contributed by atoms with Crippen LogP contribution in [0.2, 0.25) is 5.02 Å². The second kappa shape index (κ2) is 23.8. The molecule has 386 valence electrons. The zero-order chi connectivity index (χ0) is 53.4. The maximum absolute atomic E-state index is 15.1. The standard InChI is InChI=1S/C42H39ClF10N8O2S2.C2H4O2.C2H6/c1-21(54-4)38(63)61(65-6)37-32-29(43)10-9-27(34(32)60(58-37)20-41(48,49)50)26-8-7-25(11-13-39(2,3)64-5)55-33(26)30(17-22-15-23(44)18-24(45)16-22)56-31(62)19-59-36-28(12-14-40(36,46)47)35(57-59)42(51,52)53;1-4-2-3;1-2/h7-10,15-16,18,21,30,54H,12,14,17,19-20H2,1-6H3,(H,56,62);2H,1H3;1-2H3. The minimum absolute atomic E-state index is 0.0186. The minimum Gasteiger partial charge on any atom is -0.471 e. The Kier molecular flexibility index (Phi) is 19.5. The number of alkyl halides is 8. The maximum atomic E-state index is 15.1. The van der Waals surface area contributed by atoms with E-state index in [0.717, 1.165) is 28.4 Å². The first-order valence-electron chi connectivity index (χ1n) is 21.4. The zero-order valence-electron chi connectivity index (χ0n) is 39.6. The van der Waals surface area contributed by atoms with Crippen molar-refractivity contribution in [1.82, 2.24) is 35.2 Å². The molecule has 3 heterocycles.